The maximum atomic E-state index is 12.4. The molecule has 7 N–H and O–H groups in total. The van der Waals surface area contributed by atoms with E-state index in [1.807, 2.05) is 0 Å². The quantitative estimate of drug-likeness (QED) is 0.0966. The molecule has 0 aromatic heterocycles. The van der Waals surface area contributed by atoms with Gasteiger partial charge in [0.05, 0.1) is 31.8 Å². The van der Waals surface area contributed by atoms with Crippen LogP contribution in [0.4, 0.5) is 0 Å². The molecule has 0 bridgehead atoms. The van der Waals surface area contributed by atoms with E-state index in [0.29, 0.717) is 38.8 Å². The van der Waals surface area contributed by atoms with E-state index in [1.165, 1.54) is 18.7 Å². The molecule has 1 fully saturated rings. The van der Waals surface area contributed by atoms with E-state index in [9.17, 15) is 29.2 Å². The third-order valence-electron chi connectivity index (χ3n) is 5.23. The Morgan fingerprint density at radius 3 is 2.50 bits per heavy atom. The number of nitrogens with two attached hydrogens (primary N) is 1. The van der Waals surface area contributed by atoms with Crippen molar-refractivity contribution in [1.29, 1.82) is 0 Å². The molecular weight excluding hydrogens is 449 g/mol. The number of ether oxygens (including phenoxy) is 2. The number of carbonyl (C=O) groups is 4. The second-order valence-electron chi connectivity index (χ2n) is 8.13. The van der Waals surface area contributed by atoms with Crippen molar-refractivity contribution in [3.05, 3.63) is 0 Å². The first kappa shape index (κ1) is 29.8. The SMILES string of the molecule is CC(=O)NCCC[C@H](N)C(=O)NCCOCCOCC(=O)N[C@H](C)C(=O)N1CCCC1B(O)O. The number of hydrogen-bond donors (Lipinski definition) is 6. The summed E-state index contributed by atoms with van der Waals surface area (Å²) in [6, 6.07) is -1.47. The van der Waals surface area contributed by atoms with Crippen molar-refractivity contribution in [1.82, 2.24) is 20.9 Å². The number of hydrogen-bond acceptors (Lipinski definition) is 9. The minimum absolute atomic E-state index is 0.125. The summed E-state index contributed by atoms with van der Waals surface area (Å²) in [4.78, 5) is 48.4. The van der Waals surface area contributed by atoms with Crippen LogP contribution < -0.4 is 21.7 Å². The normalized spacial score (nSPS) is 17.1. The number of rotatable bonds is 16. The van der Waals surface area contributed by atoms with Crippen molar-refractivity contribution in [2.75, 3.05) is 46.1 Å². The summed E-state index contributed by atoms with van der Waals surface area (Å²) in [5.41, 5.74) is 5.78. The monoisotopic (exact) mass is 487 g/mol. The van der Waals surface area contributed by atoms with Crippen LogP contribution in [0.2, 0.25) is 0 Å². The molecule has 0 aromatic rings. The molecule has 0 saturated carbocycles. The van der Waals surface area contributed by atoms with Gasteiger partial charge in [-0.1, -0.05) is 0 Å². The van der Waals surface area contributed by atoms with Gasteiger partial charge in [-0.15, -0.1) is 0 Å². The van der Waals surface area contributed by atoms with E-state index in [0.717, 1.165) is 0 Å². The lowest BCUT2D eigenvalue weighted by molar-refractivity contribution is -0.137. The Kier molecular flexibility index (Phi) is 14.3. The van der Waals surface area contributed by atoms with E-state index < -0.39 is 31.1 Å². The number of amides is 4. The van der Waals surface area contributed by atoms with Crippen LogP contribution >= 0.6 is 0 Å². The van der Waals surface area contributed by atoms with Gasteiger partial charge in [0.15, 0.2) is 0 Å². The van der Waals surface area contributed by atoms with E-state index >= 15 is 0 Å². The third-order valence-corrected chi connectivity index (χ3v) is 5.23. The van der Waals surface area contributed by atoms with Gasteiger partial charge in [0.2, 0.25) is 23.6 Å². The van der Waals surface area contributed by atoms with Crippen LogP contribution in [0.3, 0.4) is 0 Å². The molecule has 34 heavy (non-hydrogen) atoms. The van der Waals surface area contributed by atoms with Crippen LogP contribution in [0.25, 0.3) is 0 Å². The summed E-state index contributed by atoms with van der Waals surface area (Å²) in [6.07, 6.45) is 2.24. The van der Waals surface area contributed by atoms with Gasteiger partial charge in [-0.2, -0.15) is 0 Å². The molecule has 14 heteroatoms. The number of likely N-dealkylation sites (tertiary alicyclic amines) is 1. The summed E-state index contributed by atoms with van der Waals surface area (Å²) in [5, 5.41) is 26.6. The topological polar surface area (TPSA) is 193 Å². The van der Waals surface area contributed by atoms with Gasteiger partial charge in [0, 0.05) is 26.6 Å². The number of nitrogens with zero attached hydrogens (tertiary/aromatic N) is 1. The van der Waals surface area contributed by atoms with Crippen LogP contribution in [0, 0.1) is 0 Å². The fourth-order valence-corrected chi connectivity index (χ4v) is 3.45. The van der Waals surface area contributed by atoms with Crippen LogP contribution in [0.15, 0.2) is 0 Å². The zero-order valence-electron chi connectivity index (χ0n) is 20.0. The Bertz CT molecular complexity index is 669. The molecule has 1 rings (SSSR count). The molecule has 0 aromatic carbocycles. The molecule has 0 aliphatic carbocycles. The Labute approximate surface area is 200 Å². The lowest BCUT2D eigenvalue weighted by atomic mass is 9.78. The standard InChI is InChI=1S/C20H38BN5O8/c1-14(20(30)26-9-4-6-17(26)21(31)32)25-18(28)13-34-12-11-33-10-8-24-19(29)16(22)5-3-7-23-15(2)27/h14,16-17,31-32H,3-13,22H2,1-2H3,(H,23,27)(H,24,29)(H,25,28)/t14-,16+,17?/m1/s1. The van der Waals surface area contributed by atoms with Crippen molar-refractivity contribution in [2.45, 2.75) is 57.6 Å². The van der Waals surface area contributed by atoms with E-state index in [1.54, 1.807) is 0 Å². The number of carbonyl (C=O) groups excluding carboxylic acids is 4. The Balaban J connectivity index is 2.06. The predicted octanol–water partition coefficient (Wildman–Crippen LogP) is -3.11. The zero-order chi connectivity index (χ0) is 25.5. The summed E-state index contributed by atoms with van der Waals surface area (Å²) in [7, 11) is -1.61. The van der Waals surface area contributed by atoms with Gasteiger partial charge in [-0.25, -0.2) is 0 Å². The highest BCUT2D eigenvalue weighted by atomic mass is 16.5. The summed E-state index contributed by atoms with van der Waals surface area (Å²) >= 11 is 0. The zero-order valence-corrected chi connectivity index (χ0v) is 20.0. The minimum Gasteiger partial charge on any atom is -0.426 e. The fraction of sp³-hybridized carbons (Fsp3) is 0.800. The van der Waals surface area contributed by atoms with Gasteiger partial charge in [-0.05, 0) is 32.6 Å². The highest BCUT2D eigenvalue weighted by Gasteiger charge is 2.38. The summed E-state index contributed by atoms with van der Waals surface area (Å²) < 4.78 is 10.5. The first-order valence-electron chi connectivity index (χ1n) is 11.5. The van der Waals surface area contributed by atoms with Crippen molar-refractivity contribution < 1.29 is 38.7 Å². The van der Waals surface area contributed by atoms with Crippen molar-refractivity contribution >= 4 is 30.7 Å². The molecule has 3 atom stereocenters. The maximum absolute atomic E-state index is 12.4. The van der Waals surface area contributed by atoms with Crippen LogP contribution in [0.1, 0.15) is 39.5 Å². The minimum atomic E-state index is -1.61. The highest BCUT2D eigenvalue weighted by molar-refractivity contribution is 6.43. The van der Waals surface area contributed by atoms with Crippen LogP contribution in [0.5, 0.6) is 0 Å². The molecule has 1 heterocycles. The smallest absolute Gasteiger partial charge is 0.426 e. The molecule has 1 unspecified atom stereocenters. The predicted molar refractivity (Wildman–Crippen MR) is 123 cm³/mol. The van der Waals surface area contributed by atoms with Crippen LogP contribution in [-0.2, 0) is 28.7 Å². The second-order valence-corrected chi connectivity index (χ2v) is 8.13. The molecular formula is C20H38BN5O8. The van der Waals surface area contributed by atoms with Gasteiger partial charge < -0.3 is 46.1 Å². The lowest BCUT2D eigenvalue weighted by Gasteiger charge is -2.27. The molecule has 1 aliphatic rings. The molecule has 1 saturated heterocycles. The van der Waals surface area contributed by atoms with E-state index in [-0.39, 0.29) is 50.7 Å². The van der Waals surface area contributed by atoms with E-state index in [2.05, 4.69) is 16.0 Å². The highest BCUT2D eigenvalue weighted by Crippen LogP contribution is 2.18. The average Bonchev–Trinajstić information content (AvgIpc) is 3.27. The first-order valence-corrected chi connectivity index (χ1v) is 11.5. The maximum Gasteiger partial charge on any atom is 0.475 e. The van der Waals surface area contributed by atoms with Gasteiger partial charge in [0.1, 0.15) is 12.6 Å². The summed E-state index contributed by atoms with van der Waals surface area (Å²) in [6.45, 7) is 4.48. The first-order chi connectivity index (χ1) is 16.1. The molecule has 194 valence electrons. The third kappa shape index (κ3) is 11.7. The molecule has 4 amide bonds. The van der Waals surface area contributed by atoms with Gasteiger partial charge in [0.25, 0.3) is 0 Å². The molecule has 1 aliphatic heterocycles. The summed E-state index contributed by atoms with van der Waals surface area (Å²) in [5.74, 6) is -1.92. The fourth-order valence-electron chi connectivity index (χ4n) is 3.45. The molecule has 0 radical (unpaired) electrons. The van der Waals surface area contributed by atoms with Crippen molar-refractivity contribution in [3.8, 4) is 0 Å². The lowest BCUT2D eigenvalue weighted by Crippen LogP contribution is -2.53. The van der Waals surface area contributed by atoms with Crippen molar-refractivity contribution in [3.63, 3.8) is 0 Å². The largest absolute Gasteiger partial charge is 0.475 e. The van der Waals surface area contributed by atoms with Gasteiger partial charge >= 0.3 is 7.12 Å². The van der Waals surface area contributed by atoms with E-state index in [4.69, 9.17) is 15.2 Å². The Morgan fingerprint density at radius 1 is 1.12 bits per heavy atom. The average molecular weight is 487 g/mol. The molecule has 13 nitrogen and oxygen atoms in total. The second kappa shape index (κ2) is 16.4. The Hall–Kier alpha value is -2.26. The molecule has 0 spiro atoms. The van der Waals surface area contributed by atoms with Crippen LogP contribution in [-0.4, -0.2) is 110 Å². The van der Waals surface area contributed by atoms with Crippen molar-refractivity contribution in [2.24, 2.45) is 5.73 Å². The van der Waals surface area contributed by atoms with Gasteiger partial charge in [-0.3, -0.25) is 19.2 Å². The Morgan fingerprint density at radius 2 is 1.82 bits per heavy atom. The number of nitrogens with one attached hydrogen (secondary N) is 3.